The molecule has 0 radical (unpaired) electrons. The summed E-state index contributed by atoms with van der Waals surface area (Å²) in [6.45, 7) is 1.96. The Morgan fingerprint density at radius 3 is 2.67 bits per heavy atom. The third kappa shape index (κ3) is 1.50. The molecule has 1 aliphatic carbocycles. The summed E-state index contributed by atoms with van der Waals surface area (Å²) in [5, 5.41) is 16.1. The third-order valence-corrected chi connectivity index (χ3v) is 3.06. The van der Waals surface area contributed by atoms with Crippen LogP contribution in [0.1, 0.15) is 29.4 Å². The van der Waals surface area contributed by atoms with Crippen molar-refractivity contribution in [2.24, 2.45) is 0 Å². The molecule has 6 heteroatoms. The molecule has 2 fully saturated rings. The normalized spacial score (nSPS) is 22.7. The number of aromatic carboxylic acids is 1. The predicted molar refractivity (Wildman–Crippen MR) is 50.6 cm³/mol. The standard InChI is InChI=1S/C9H12N4O2/c14-9(15)8-5-13(11-10-8)7-3-12(4-7)6-1-2-6/h5-7H,1-4H2,(H,14,15). The van der Waals surface area contributed by atoms with Crippen LogP contribution in [-0.2, 0) is 0 Å². The van der Waals surface area contributed by atoms with Gasteiger partial charge in [0.15, 0.2) is 5.69 Å². The van der Waals surface area contributed by atoms with Crippen LogP contribution in [0.4, 0.5) is 0 Å². The highest BCUT2D eigenvalue weighted by atomic mass is 16.4. The fraction of sp³-hybridized carbons (Fsp3) is 0.667. The lowest BCUT2D eigenvalue weighted by Gasteiger charge is -2.39. The van der Waals surface area contributed by atoms with Crippen LogP contribution in [-0.4, -0.2) is 50.1 Å². The Kier molecular flexibility index (Phi) is 1.79. The molecule has 0 spiro atoms. The average molecular weight is 208 g/mol. The maximum Gasteiger partial charge on any atom is 0.358 e. The smallest absolute Gasteiger partial charge is 0.358 e. The quantitative estimate of drug-likeness (QED) is 0.756. The number of aromatic nitrogens is 3. The van der Waals surface area contributed by atoms with Crippen molar-refractivity contribution in [2.45, 2.75) is 24.9 Å². The predicted octanol–water partition coefficient (Wildman–Crippen LogP) is -0.00460. The summed E-state index contributed by atoms with van der Waals surface area (Å²) in [5.41, 5.74) is 0.0277. The van der Waals surface area contributed by atoms with E-state index in [2.05, 4.69) is 15.2 Å². The Hall–Kier alpha value is -1.43. The van der Waals surface area contributed by atoms with Gasteiger partial charge in [0.2, 0.25) is 0 Å². The molecule has 2 heterocycles. The highest BCUT2D eigenvalue weighted by Crippen LogP contribution is 2.34. The zero-order valence-corrected chi connectivity index (χ0v) is 8.20. The Balaban J connectivity index is 1.64. The van der Waals surface area contributed by atoms with Crippen LogP contribution in [0, 0.1) is 0 Å². The van der Waals surface area contributed by atoms with E-state index in [0.717, 1.165) is 19.1 Å². The van der Waals surface area contributed by atoms with Gasteiger partial charge in [0.25, 0.3) is 0 Å². The summed E-state index contributed by atoms with van der Waals surface area (Å²) >= 11 is 0. The van der Waals surface area contributed by atoms with Crippen molar-refractivity contribution in [1.29, 1.82) is 0 Å². The van der Waals surface area contributed by atoms with Crippen LogP contribution in [0.5, 0.6) is 0 Å². The zero-order chi connectivity index (χ0) is 10.4. The van der Waals surface area contributed by atoms with Gasteiger partial charge in [-0.15, -0.1) is 5.10 Å². The number of hydrogen-bond acceptors (Lipinski definition) is 4. The Morgan fingerprint density at radius 2 is 2.13 bits per heavy atom. The summed E-state index contributed by atoms with van der Waals surface area (Å²) in [6, 6.07) is 1.09. The summed E-state index contributed by atoms with van der Waals surface area (Å²) in [7, 11) is 0. The molecule has 80 valence electrons. The molecule has 0 amide bonds. The Morgan fingerprint density at radius 1 is 1.40 bits per heavy atom. The monoisotopic (exact) mass is 208 g/mol. The number of carbonyl (C=O) groups is 1. The van der Waals surface area contributed by atoms with Gasteiger partial charge in [0, 0.05) is 19.1 Å². The maximum absolute atomic E-state index is 10.6. The minimum absolute atomic E-state index is 0.0277. The molecular formula is C9H12N4O2. The van der Waals surface area contributed by atoms with Gasteiger partial charge in [-0.05, 0) is 12.8 Å². The lowest BCUT2D eigenvalue weighted by molar-refractivity contribution is 0.0689. The molecular weight excluding hydrogens is 196 g/mol. The lowest BCUT2D eigenvalue weighted by atomic mass is 10.1. The van der Waals surface area contributed by atoms with E-state index < -0.39 is 5.97 Å². The first-order valence-electron chi connectivity index (χ1n) is 5.13. The highest BCUT2D eigenvalue weighted by molar-refractivity contribution is 5.84. The number of hydrogen-bond donors (Lipinski definition) is 1. The summed E-state index contributed by atoms with van der Waals surface area (Å²) in [6.07, 6.45) is 4.13. The Labute approximate surface area is 86.5 Å². The molecule has 1 saturated carbocycles. The topological polar surface area (TPSA) is 71.2 Å². The number of rotatable bonds is 3. The van der Waals surface area contributed by atoms with Crippen LogP contribution < -0.4 is 0 Å². The van der Waals surface area contributed by atoms with E-state index in [9.17, 15) is 4.79 Å². The molecule has 1 aliphatic heterocycles. The second-order valence-corrected chi connectivity index (χ2v) is 4.23. The molecule has 0 bridgehead atoms. The fourth-order valence-electron chi connectivity index (χ4n) is 1.95. The fourth-order valence-corrected chi connectivity index (χ4v) is 1.95. The molecule has 2 aliphatic rings. The maximum atomic E-state index is 10.6. The summed E-state index contributed by atoms with van der Waals surface area (Å²) in [5.74, 6) is -1.01. The van der Waals surface area contributed by atoms with Crippen LogP contribution in [0.3, 0.4) is 0 Å². The molecule has 6 nitrogen and oxygen atoms in total. The van der Waals surface area contributed by atoms with Crippen LogP contribution in [0.2, 0.25) is 0 Å². The molecule has 1 aromatic rings. The van der Waals surface area contributed by atoms with E-state index >= 15 is 0 Å². The first-order chi connectivity index (χ1) is 7.24. The largest absolute Gasteiger partial charge is 0.476 e. The Bertz CT molecular complexity index is 393. The SMILES string of the molecule is O=C(O)c1cn(C2CN(C3CC3)C2)nn1. The van der Waals surface area contributed by atoms with Crippen LogP contribution >= 0.6 is 0 Å². The molecule has 15 heavy (non-hydrogen) atoms. The summed E-state index contributed by atoms with van der Waals surface area (Å²) < 4.78 is 1.67. The van der Waals surface area contributed by atoms with Crippen molar-refractivity contribution < 1.29 is 9.90 Å². The van der Waals surface area contributed by atoms with Crippen molar-refractivity contribution in [3.8, 4) is 0 Å². The zero-order valence-electron chi connectivity index (χ0n) is 8.20. The van der Waals surface area contributed by atoms with Gasteiger partial charge in [-0.25, -0.2) is 9.48 Å². The van der Waals surface area contributed by atoms with E-state index in [0.29, 0.717) is 6.04 Å². The van der Waals surface area contributed by atoms with Gasteiger partial charge in [0.05, 0.1) is 12.2 Å². The molecule has 0 aromatic carbocycles. The van der Waals surface area contributed by atoms with Gasteiger partial charge >= 0.3 is 5.97 Å². The summed E-state index contributed by atoms with van der Waals surface area (Å²) in [4.78, 5) is 13.0. The number of likely N-dealkylation sites (tertiary alicyclic amines) is 1. The van der Waals surface area contributed by atoms with Crippen molar-refractivity contribution >= 4 is 5.97 Å². The van der Waals surface area contributed by atoms with E-state index in [1.54, 1.807) is 4.68 Å². The van der Waals surface area contributed by atoms with Crippen molar-refractivity contribution in [2.75, 3.05) is 13.1 Å². The average Bonchev–Trinajstić information content (AvgIpc) is 2.80. The second-order valence-electron chi connectivity index (χ2n) is 4.23. The molecule has 0 atom stereocenters. The van der Waals surface area contributed by atoms with Crippen LogP contribution in [0.15, 0.2) is 6.20 Å². The van der Waals surface area contributed by atoms with Gasteiger partial charge in [-0.1, -0.05) is 5.21 Å². The van der Waals surface area contributed by atoms with Gasteiger partial charge in [0.1, 0.15) is 0 Å². The number of nitrogens with zero attached hydrogens (tertiary/aromatic N) is 4. The van der Waals surface area contributed by atoms with E-state index in [1.165, 1.54) is 19.0 Å². The van der Waals surface area contributed by atoms with Gasteiger partial charge in [-0.3, -0.25) is 4.90 Å². The molecule has 1 saturated heterocycles. The first kappa shape index (κ1) is 8.84. The van der Waals surface area contributed by atoms with E-state index in [4.69, 9.17) is 5.11 Å². The van der Waals surface area contributed by atoms with Crippen molar-refractivity contribution in [3.63, 3.8) is 0 Å². The first-order valence-corrected chi connectivity index (χ1v) is 5.13. The molecule has 1 N–H and O–H groups in total. The molecule has 3 rings (SSSR count). The lowest BCUT2D eigenvalue weighted by Crippen LogP contribution is -2.48. The van der Waals surface area contributed by atoms with Gasteiger partial charge < -0.3 is 5.11 Å². The van der Waals surface area contributed by atoms with E-state index in [-0.39, 0.29) is 5.69 Å². The number of carboxylic acid groups (broad SMARTS) is 1. The van der Waals surface area contributed by atoms with Crippen molar-refractivity contribution in [3.05, 3.63) is 11.9 Å². The molecule has 1 aromatic heterocycles. The molecule has 0 unspecified atom stereocenters. The number of carboxylic acids is 1. The van der Waals surface area contributed by atoms with Crippen molar-refractivity contribution in [1.82, 2.24) is 19.9 Å². The minimum atomic E-state index is -1.01. The van der Waals surface area contributed by atoms with Crippen LogP contribution in [0.25, 0.3) is 0 Å². The third-order valence-electron chi connectivity index (χ3n) is 3.06. The van der Waals surface area contributed by atoms with Gasteiger partial charge in [-0.2, -0.15) is 0 Å². The minimum Gasteiger partial charge on any atom is -0.476 e. The van der Waals surface area contributed by atoms with E-state index in [1.807, 2.05) is 0 Å². The highest BCUT2D eigenvalue weighted by Gasteiger charge is 2.39. The second kappa shape index (κ2) is 3.03.